The van der Waals surface area contributed by atoms with E-state index in [1.807, 2.05) is 25.4 Å². The summed E-state index contributed by atoms with van der Waals surface area (Å²) in [6.07, 6.45) is 2.73. The van der Waals surface area contributed by atoms with Gasteiger partial charge < -0.3 is 10.6 Å². The number of aromatic nitrogens is 1. The maximum Gasteiger partial charge on any atom is 0.191 e. The van der Waals surface area contributed by atoms with Crippen LogP contribution in [-0.2, 0) is 13.0 Å². The molecule has 158 valence electrons. The van der Waals surface area contributed by atoms with E-state index in [0.29, 0.717) is 0 Å². The molecule has 0 unspecified atom stereocenters. The first-order valence-corrected chi connectivity index (χ1v) is 10.2. The Morgan fingerprint density at radius 2 is 1.62 bits per heavy atom. The first-order valence-electron chi connectivity index (χ1n) is 10.2. The van der Waals surface area contributed by atoms with Gasteiger partial charge in [0.25, 0.3) is 0 Å². The zero-order valence-corrected chi connectivity index (χ0v) is 19.6. The number of rotatable bonds is 8. The number of hydrogen-bond acceptors (Lipinski definition) is 4. The Kier molecular flexibility index (Phi) is 11.0. The van der Waals surface area contributed by atoms with E-state index in [2.05, 4.69) is 66.8 Å². The summed E-state index contributed by atoms with van der Waals surface area (Å²) >= 11 is 0. The Bertz CT molecular complexity index is 702. The van der Waals surface area contributed by atoms with Crippen LogP contribution in [0.1, 0.15) is 11.3 Å². The molecule has 0 atom stereocenters. The van der Waals surface area contributed by atoms with Gasteiger partial charge in [-0.15, -0.1) is 24.0 Å². The molecule has 3 rings (SSSR count). The van der Waals surface area contributed by atoms with E-state index >= 15 is 0 Å². The van der Waals surface area contributed by atoms with Gasteiger partial charge in [-0.1, -0.05) is 36.4 Å². The summed E-state index contributed by atoms with van der Waals surface area (Å²) in [4.78, 5) is 13.7. The second-order valence-corrected chi connectivity index (χ2v) is 7.10. The fraction of sp³-hybridized carbons (Fsp3) is 0.455. The molecule has 0 saturated carbocycles. The molecule has 0 bridgehead atoms. The van der Waals surface area contributed by atoms with Gasteiger partial charge in [0.2, 0.25) is 0 Å². The minimum absolute atomic E-state index is 0. The van der Waals surface area contributed by atoms with Gasteiger partial charge in [-0.05, 0) is 17.7 Å². The monoisotopic (exact) mass is 508 g/mol. The number of aliphatic imine (C=N–C) groups is 1. The van der Waals surface area contributed by atoms with Gasteiger partial charge in [0, 0.05) is 77.7 Å². The Labute approximate surface area is 191 Å². The summed E-state index contributed by atoms with van der Waals surface area (Å²) in [5, 5.41) is 6.78. The quantitative estimate of drug-likeness (QED) is 0.326. The number of halogens is 1. The molecule has 0 aliphatic carbocycles. The van der Waals surface area contributed by atoms with Crippen LogP contribution in [0.4, 0.5) is 0 Å². The van der Waals surface area contributed by atoms with Crippen LogP contribution in [0.3, 0.4) is 0 Å². The summed E-state index contributed by atoms with van der Waals surface area (Å²) in [6, 6.07) is 16.8. The molecule has 2 heterocycles. The molecule has 0 spiro atoms. The molecule has 7 heteroatoms. The van der Waals surface area contributed by atoms with Crippen molar-refractivity contribution in [2.75, 3.05) is 52.9 Å². The van der Waals surface area contributed by atoms with Crippen molar-refractivity contribution >= 4 is 29.9 Å². The summed E-state index contributed by atoms with van der Waals surface area (Å²) in [6.45, 7) is 8.34. The van der Waals surface area contributed by atoms with Gasteiger partial charge in [0.05, 0.1) is 0 Å². The molecule has 1 aromatic heterocycles. The molecule has 1 aliphatic heterocycles. The minimum atomic E-state index is 0. The lowest BCUT2D eigenvalue weighted by atomic mass is 10.2. The van der Waals surface area contributed by atoms with Crippen molar-refractivity contribution in [1.82, 2.24) is 25.4 Å². The molecule has 2 aromatic rings. The Hall–Kier alpha value is -1.71. The van der Waals surface area contributed by atoms with Crippen LogP contribution in [0.2, 0.25) is 0 Å². The van der Waals surface area contributed by atoms with E-state index < -0.39 is 0 Å². The SMILES string of the molecule is CN=C(NCCc1ccccn1)NCCN1CCN(Cc2ccccc2)CC1.I. The maximum atomic E-state index is 4.35. The van der Waals surface area contributed by atoms with Crippen molar-refractivity contribution in [3.63, 3.8) is 0 Å². The van der Waals surface area contributed by atoms with Gasteiger partial charge >= 0.3 is 0 Å². The van der Waals surface area contributed by atoms with Crippen LogP contribution >= 0.6 is 24.0 Å². The van der Waals surface area contributed by atoms with Gasteiger partial charge in [0.15, 0.2) is 5.96 Å². The topological polar surface area (TPSA) is 55.8 Å². The number of nitrogens with zero attached hydrogens (tertiary/aromatic N) is 4. The number of piperazine rings is 1. The lowest BCUT2D eigenvalue weighted by molar-refractivity contribution is 0.129. The van der Waals surface area contributed by atoms with E-state index in [4.69, 9.17) is 0 Å². The van der Waals surface area contributed by atoms with Crippen molar-refractivity contribution in [3.05, 3.63) is 66.0 Å². The van der Waals surface area contributed by atoms with Crippen molar-refractivity contribution in [3.8, 4) is 0 Å². The second kappa shape index (κ2) is 13.5. The van der Waals surface area contributed by atoms with E-state index in [1.165, 1.54) is 5.56 Å². The zero-order valence-electron chi connectivity index (χ0n) is 17.3. The number of nitrogens with one attached hydrogen (secondary N) is 2. The third kappa shape index (κ3) is 8.67. The van der Waals surface area contributed by atoms with E-state index in [0.717, 1.165) is 70.4 Å². The summed E-state index contributed by atoms with van der Waals surface area (Å²) < 4.78 is 0. The number of hydrogen-bond donors (Lipinski definition) is 2. The zero-order chi connectivity index (χ0) is 19.4. The Morgan fingerprint density at radius 3 is 2.31 bits per heavy atom. The molecule has 1 aliphatic rings. The van der Waals surface area contributed by atoms with Crippen LogP contribution in [0.25, 0.3) is 0 Å². The van der Waals surface area contributed by atoms with Crippen molar-refractivity contribution in [2.45, 2.75) is 13.0 Å². The fourth-order valence-corrected chi connectivity index (χ4v) is 3.42. The lowest BCUT2D eigenvalue weighted by Gasteiger charge is -2.34. The van der Waals surface area contributed by atoms with Crippen molar-refractivity contribution < 1.29 is 0 Å². The Balaban J connectivity index is 0.00000300. The summed E-state index contributed by atoms with van der Waals surface area (Å²) in [7, 11) is 1.82. The molecule has 0 radical (unpaired) electrons. The molecule has 29 heavy (non-hydrogen) atoms. The highest BCUT2D eigenvalue weighted by Crippen LogP contribution is 2.07. The van der Waals surface area contributed by atoms with Crippen molar-refractivity contribution in [1.29, 1.82) is 0 Å². The molecule has 1 aromatic carbocycles. The highest BCUT2D eigenvalue weighted by atomic mass is 127. The third-order valence-corrected chi connectivity index (χ3v) is 5.06. The highest BCUT2D eigenvalue weighted by molar-refractivity contribution is 14.0. The molecule has 1 saturated heterocycles. The van der Waals surface area contributed by atoms with E-state index in [1.54, 1.807) is 0 Å². The first kappa shape index (κ1) is 23.6. The van der Waals surface area contributed by atoms with Crippen LogP contribution in [0, 0.1) is 0 Å². The third-order valence-electron chi connectivity index (χ3n) is 5.06. The second-order valence-electron chi connectivity index (χ2n) is 7.10. The smallest absolute Gasteiger partial charge is 0.191 e. The minimum Gasteiger partial charge on any atom is -0.356 e. The Morgan fingerprint density at radius 1 is 0.931 bits per heavy atom. The lowest BCUT2D eigenvalue weighted by Crippen LogP contribution is -2.49. The average molecular weight is 508 g/mol. The molecule has 0 amide bonds. The van der Waals surface area contributed by atoms with E-state index in [9.17, 15) is 0 Å². The first-order chi connectivity index (χ1) is 13.8. The standard InChI is InChI=1S/C22H32N6.HI/c1-23-22(25-12-10-21-9-5-6-11-24-21)26-13-14-27-15-17-28(18-16-27)19-20-7-3-2-4-8-20;/h2-9,11H,10,12-19H2,1H3,(H2,23,25,26);1H. The van der Waals surface area contributed by atoms with Crippen LogP contribution in [-0.4, -0.2) is 73.6 Å². The van der Waals surface area contributed by atoms with E-state index in [-0.39, 0.29) is 24.0 Å². The average Bonchev–Trinajstić information content (AvgIpc) is 2.75. The predicted octanol–water partition coefficient (Wildman–Crippen LogP) is 2.22. The molecular formula is C22H33IN6. The molecular weight excluding hydrogens is 475 g/mol. The van der Waals surface area contributed by atoms with Gasteiger partial charge in [-0.25, -0.2) is 0 Å². The summed E-state index contributed by atoms with van der Waals surface area (Å²) in [5.41, 5.74) is 2.50. The highest BCUT2D eigenvalue weighted by Gasteiger charge is 2.16. The summed E-state index contributed by atoms with van der Waals surface area (Å²) in [5.74, 6) is 0.860. The van der Waals surface area contributed by atoms with Crippen LogP contribution < -0.4 is 10.6 Å². The number of pyridine rings is 1. The van der Waals surface area contributed by atoms with Gasteiger partial charge in [-0.3, -0.25) is 19.8 Å². The van der Waals surface area contributed by atoms with Crippen LogP contribution in [0.5, 0.6) is 0 Å². The van der Waals surface area contributed by atoms with Crippen LogP contribution in [0.15, 0.2) is 59.7 Å². The molecule has 2 N–H and O–H groups in total. The van der Waals surface area contributed by atoms with Gasteiger partial charge in [0.1, 0.15) is 0 Å². The normalized spacial score (nSPS) is 15.6. The largest absolute Gasteiger partial charge is 0.356 e. The van der Waals surface area contributed by atoms with Gasteiger partial charge in [-0.2, -0.15) is 0 Å². The molecule has 6 nitrogen and oxygen atoms in total. The predicted molar refractivity (Wildman–Crippen MR) is 131 cm³/mol. The maximum absolute atomic E-state index is 4.35. The number of benzene rings is 1. The fourth-order valence-electron chi connectivity index (χ4n) is 3.42. The molecule has 1 fully saturated rings. The van der Waals surface area contributed by atoms with Crippen molar-refractivity contribution in [2.24, 2.45) is 4.99 Å². The number of guanidine groups is 1.